The molecule has 100 valence electrons. The van der Waals surface area contributed by atoms with Gasteiger partial charge in [-0.05, 0) is 52.1 Å². The van der Waals surface area contributed by atoms with E-state index in [0.717, 1.165) is 22.6 Å². The molecule has 0 aliphatic carbocycles. The SMILES string of the molecule is CCc1ccc(C(=O)O)c2ccc3cccc(C)c3c12. The molecule has 0 aliphatic heterocycles. The minimum absolute atomic E-state index is 0.377. The number of hydrogen-bond donors (Lipinski definition) is 1. The Kier molecular flexibility index (Phi) is 2.94. The van der Waals surface area contributed by atoms with E-state index in [1.807, 2.05) is 24.3 Å². The lowest BCUT2D eigenvalue weighted by Gasteiger charge is -2.12. The average molecular weight is 264 g/mol. The van der Waals surface area contributed by atoms with Crippen LogP contribution in [0, 0.1) is 6.92 Å². The van der Waals surface area contributed by atoms with Gasteiger partial charge in [0.25, 0.3) is 0 Å². The lowest BCUT2D eigenvalue weighted by molar-refractivity contribution is 0.0699. The minimum atomic E-state index is -0.870. The van der Waals surface area contributed by atoms with Gasteiger partial charge in [0.1, 0.15) is 0 Å². The summed E-state index contributed by atoms with van der Waals surface area (Å²) in [6.45, 7) is 4.18. The van der Waals surface area contributed by atoms with Crippen LogP contribution in [0.2, 0.25) is 0 Å². The molecule has 3 rings (SSSR count). The molecule has 0 radical (unpaired) electrons. The van der Waals surface area contributed by atoms with Crippen molar-refractivity contribution in [2.24, 2.45) is 0 Å². The van der Waals surface area contributed by atoms with Crippen LogP contribution in [-0.2, 0) is 6.42 Å². The lowest BCUT2D eigenvalue weighted by Crippen LogP contribution is -1.99. The summed E-state index contributed by atoms with van der Waals surface area (Å²) in [7, 11) is 0. The summed E-state index contributed by atoms with van der Waals surface area (Å²) in [5.74, 6) is -0.870. The number of carboxylic acids is 1. The number of hydrogen-bond acceptors (Lipinski definition) is 1. The van der Waals surface area contributed by atoms with Gasteiger partial charge in [0, 0.05) is 0 Å². The summed E-state index contributed by atoms with van der Waals surface area (Å²) in [5, 5.41) is 13.6. The highest BCUT2D eigenvalue weighted by Gasteiger charge is 2.13. The first-order chi connectivity index (χ1) is 9.63. The van der Waals surface area contributed by atoms with Gasteiger partial charge in [-0.1, -0.05) is 43.3 Å². The predicted molar refractivity (Wildman–Crippen MR) is 82.5 cm³/mol. The Bertz CT molecular complexity index is 832. The topological polar surface area (TPSA) is 37.3 Å². The van der Waals surface area contributed by atoms with Gasteiger partial charge in [0.05, 0.1) is 5.56 Å². The number of carbonyl (C=O) groups is 1. The van der Waals surface area contributed by atoms with Gasteiger partial charge >= 0.3 is 5.97 Å². The Morgan fingerprint density at radius 1 is 1.05 bits per heavy atom. The molecule has 0 unspecified atom stereocenters. The van der Waals surface area contributed by atoms with Crippen LogP contribution in [0.4, 0.5) is 0 Å². The summed E-state index contributed by atoms with van der Waals surface area (Å²) in [4.78, 5) is 11.4. The number of aromatic carboxylic acids is 1. The second-order valence-corrected chi connectivity index (χ2v) is 5.09. The highest BCUT2D eigenvalue weighted by molar-refractivity contribution is 6.16. The molecule has 3 aromatic carbocycles. The van der Waals surface area contributed by atoms with Gasteiger partial charge in [-0.2, -0.15) is 0 Å². The van der Waals surface area contributed by atoms with Crippen LogP contribution >= 0.6 is 0 Å². The van der Waals surface area contributed by atoms with Gasteiger partial charge in [0.2, 0.25) is 0 Å². The van der Waals surface area contributed by atoms with Crippen LogP contribution in [-0.4, -0.2) is 11.1 Å². The quantitative estimate of drug-likeness (QED) is 0.689. The summed E-state index contributed by atoms with van der Waals surface area (Å²) in [6, 6.07) is 13.8. The van der Waals surface area contributed by atoms with Gasteiger partial charge < -0.3 is 5.11 Å². The molecule has 0 aliphatic rings. The summed E-state index contributed by atoms with van der Waals surface area (Å²) in [6.07, 6.45) is 0.893. The number of carboxylic acid groups (broad SMARTS) is 1. The first kappa shape index (κ1) is 12.7. The first-order valence-corrected chi connectivity index (χ1v) is 6.80. The summed E-state index contributed by atoms with van der Waals surface area (Å²) in [5.41, 5.74) is 2.76. The Balaban J connectivity index is 2.61. The fourth-order valence-corrected chi connectivity index (χ4v) is 2.96. The molecule has 3 aromatic rings. The maximum Gasteiger partial charge on any atom is 0.336 e. The third kappa shape index (κ3) is 1.76. The van der Waals surface area contributed by atoms with E-state index in [4.69, 9.17) is 0 Å². The summed E-state index contributed by atoms with van der Waals surface area (Å²) >= 11 is 0. The van der Waals surface area contributed by atoms with E-state index < -0.39 is 5.97 Å². The third-order valence-corrected chi connectivity index (χ3v) is 3.93. The molecule has 2 nitrogen and oxygen atoms in total. The maximum atomic E-state index is 11.4. The number of rotatable bonds is 2. The van der Waals surface area contributed by atoms with Crippen LogP contribution in [0.5, 0.6) is 0 Å². The molecule has 0 atom stereocenters. The fraction of sp³-hybridized carbons (Fsp3) is 0.167. The average Bonchev–Trinajstić information content (AvgIpc) is 2.45. The lowest BCUT2D eigenvalue weighted by atomic mass is 9.91. The Hall–Kier alpha value is -2.35. The second-order valence-electron chi connectivity index (χ2n) is 5.09. The fourth-order valence-electron chi connectivity index (χ4n) is 2.96. The maximum absolute atomic E-state index is 11.4. The van der Waals surface area contributed by atoms with E-state index >= 15 is 0 Å². The van der Waals surface area contributed by atoms with Crippen LogP contribution in [0.3, 0.4) is 0 Å². The van der Waals surface area contributed by atoms with Crippen molar-refractivity contribution in [1.29, 1.82) is 0 Å². The van der Waals surface area contributed by atoms with E-state index in [1.165, 1.54) is 16.5 Å². The Morgan fingerprint density at radius 2 is 1.85 bits per heavy atom. The van der Waals surface area contributed by atoms with E-state index in [1.54, 1.807) is 6.07 Å². The smallest absolute Gasteiger partial charge is 0.336 e. The zero-order valence-corrected chi connectivity index (χ0v) is 11.6. The molecule has 0 aromatic heterocycles. The standard InChI is InChI=1S/C18H16O2/c1-3-12-7-10-15(18(19)20)14-9-8-13-6-4-5-11(2)16(13)17(12)14/h4-10H,3H2,1-2H3,(H,19,20). The molecule has 0 fully saturated rings. The van der Waals surface area contributed by atoms with E-state index in [2.05, 4.69) is 26.0 Å². The minimum Gasteiger partial charge on any atom is -0.478 e. The molecule has 0 heterocycles. The van der Waals surface area contributed by atoms with Crippen LogP contribution in [0.25, 0.3) is 21.5 Å². The second kappa shape index (κ2) is 4.64. The van der Waals surface area contributed by atoms with Crippen molar-refractivity contribution in [3.8, 4) is 0 Å². The van der Waals surface area contributed by atoms with Gasteiger partial charge in [0.15, 0.2) is 0 Å². The van der Waals surface area contributed by atoms with E-state index in [9.17, 15) is 9.90 Å². The van der Waals surface area contributed by atoms with Crippen LogP contribution in [0.15, 0.2) is 42.5 Å². The van der Waals surface area contributed by atoms with Crippen LogP contribution < -0.4 is 0 Å². The van der Waals surface area contributed by atoms with E-state index in [-0.39, 0.29) is 0 Å². The van der Waals surface area contributed by atoms with Crippen molar-refractivity contribution in [3.63, 3.8) is 0 Å². The predicted octanol–water partition coefficient (Wildman–Crippen LogP) is 4.56. The van der Waals surface area contributed by atoms with Crippen molar-refractivity contribution in [2.75, 3.05) is 0 Å². The largest absolute Gasteiger partial charge is 0.478 e. The zero-order chi connectivity index (χ0) is 14.3. The number of aryl methyl sites for hydroxylation is 2. The van der Waals surface area contributed by atoms with Gasteiger partial charge in [-0.3, -0.25) is 0 Å². The van der Waals surface area contributed by atoms with Gasteiger partial charge in [-0.15, -0.1) is 0 Å². The van der Waals surface area contributed by atoms with Crippen molar-refractivity contribution < 1.29 is 9.90 Å². The van der Waals surface area contributed by atoms with Crippen molar-refractivity contribution in [2.45, 2.75) is 20.3 Å². The number of fused-ring (bicyclic) bond motifs is 3. The highest BCUT2D eigenvalue weighted by atomic mass is 16.4. The molecule has 0 amide bonds. The number of benzene rings is 3. The monoisotopic (exact) mass is 264 g/mol. The molecular weight excluding hydrogens is 248 g/mol. The third-order valence-electron chi connectivity index (χ3n) is 3.93. The van der Waals surface area contributed by atoms with Gasteiger partial charge in [-0.25, -0.2) is 4.79 Å². The zero-order valence-electron chi connectivity index (χ0n) is 11.6. The normalized spacial score (nSPS) is 11.1. The Labute approximate surface area is 117 Å². The molecule has 0 saturated carbocycles. The van der Waals surface area contributed by atoms with Crippen molar-refractivity contribution >= 4 is 27.5 Å². The van der Waals surface area contributed by atoms with Crippen molar-refractivity contribution in [3.05, 3.63) is 59.2 Å². The van der Waals surface area contributed by atoms with E-state index in [0.29, 0.717) is 5.56 Å². The first-order valence-electron chi connectivity index (χ1n) is 6.80. The molecule has 0 bridgehead atoms. The molecule has 1 N–H and O–H groups in total. The van der Waals surface area contributed by atoms with Crippen molar-refractivity contribution in [1.82, 2.24) is 0 Å². The summed E-state index contributed by atoms with van der Waals surface area (Å²) < 4.78 is 0. The Morgan fingerprint density at radius 3 is 2.55 bits per heavy atom. The molecule has 20 heavy (non-hydrogen) atoms. The molecule has 0 saturated heterocycles. The molecule has 0 spiro atoms. The highest BCUT2D eigenvalue weighted by Crippen LogP contribution is 2.33. The molecule has 2 heteroatoms. The van der Waals surface area contributed by atoms with Crippen LogP contribution in [0.1, 0.15) is 28.4 Å². The molecular formula is C18H16O2.